The van der Waals surface area contributed by atoms with Gasteiger partial charge in [0.2, 0.25) is 10.0 Å². The maximum atomic E-state index is 12.8. The van der Waals surface area contributed by atoms with Crippen LogP contribution in [0.3, 0.4) is 0 Å². The maximum absolute atomic E-state index is 12.8. The third-order valence-electron chi connectivity index (χ3n) is 4.63. The van der Waals surface area contributed by atoms with Crippen LogP contribution < -0.4 is 5.32 Å². The summed E-state index contributed by atoms with van der Waals surface area (Å²) in [5.41, 5.74) is 2.47. The molecular formula is C20H24N2O4S. The number of sulfonamides is 1. The van der Waals surface area contributed by atoms with Gasteiger partial charge < -0.3 is 10.1 Å². The van der Waals surface area contributed by atoms with E-state index in [2.05, 4.69) is 5.32 Å². The van der Waals surface area contributed by atoms with Crippen molar-refractivity contribution in [2.75, 3.05) is 26.3 Å². The lowest BCUT2D eigenvalue weighted by atomic mass is 10.1. The molecule has 0 saturated carbocycles. The summed E-state index contributed by atoms with van der Waals surface area (Å²) in [6.45, 7) is 5.32. The van der Waals surface area contributed by atoms with E-state index in [9.17, 15) is 13.2 Å². The van der Waals surface area contributed by atoms with Crippen molar-refractivity contribution in [3.8, 4) is 0 Å². The van der Waals surface area contributed by atoms with Gasteiger partial charge in [0.05, 0.1) is 24.2 Å². The third kappa shape index (κ3) is 4.55. The first kappa shape index (κ1) is 19.5. The second kappa shape index (κ2) is 8.21. The molecule has 1 amide bonds. The topological polar surface area (TPSA) is 75.7 Å². The van der Waals surface area contributed by atoms with Crippen LogP contribution in [0.25, 0.3) is 0 Å². The number of hydrogen-bond donors (Lipinski definition) is 1. The van der Waals surface area contributed by atoms with E-state index >= 15 is 0 Å². The summed E-state index contributed by atoms with van der Waals surface area (Å²) < 4.78 is 32.2. The second-order valence-electron chi connectivity index (χ2n) is 6.65. The molecule has 1 saturated heterocycles. The first-order valence-electron chi connectivity index (χ1n) is 8.93. The van der Waals surface area contributed by atoms with Gasteiger partial charge in [0.1, 0.15) is 0 Å². The number of benzene rings is 2. The largest absolute Gasteiger partial charge is 0.379 e. The molecule has 0 aliphatic carbocycles. The van der Waals surface area contributed by atoms with E-state index in [1.54, 1.807) is 12.1 Å². The molecule has 1 atom stereocenters. The number of aryl methyl sites for hydroxylation is 1. The number of carbonyl (C=O) groups is 1. The number of carbonyl (C=O) groups excluding carboxylic acids is 1. The number of nitrogens with one attached hydrogen (secondary N) is 1. The first-order chi connectivity index (χ1) is 12.9. The van der Waals surface area contributed by atoms with Crippen molar-refractivity contribution in [2.24, 2.45) is 0 Å². The fraction of sp³-hybridized carbons (Fsp3) is 0.350. The fourth-order valence-electron chi connectivity index (χ4n) is 2.95. The second-order valence-corrected chi connectivity index (χ2v) is 8.59. The third-order valence-corrected chi connectivity index (χ3v) is 6.52. The van der Waals surface area contributed by atoms with E-state index < -0.39 is 10.0 Å². The molecule has 144 valence electrons. The minimum atomic E-state index is -3.63. The SMILES string of the molecule is Cc1ccc([C@@H](C)NC(=O)c2cccc(S(=O)(=O)N3CCOCC3)c2)cc1. The van der Waals surface area contributed by atoms with Crippen LogP contribution in [0.4, 0.5) is 0 Å². The molecule has 0 aromatic heterocycles. The maximum Gasteiger partial charge on any atom is 0.251 e. The Balaban J connectivity index is 1.76. The Morgan fingerprint density at radius 2 is 1.78 bits per heavy atom. The molecule has 1 aliphatic rings. The standard InChI is InChI=1S/C20H24N2O4S/c1-15-6-8-17(9-7-15)16(2)21-20(23)18-4-3-5-19(14-18)27(24,25)22-10-12-26-13-11-22/h3-9,14,16H,10-13H2,1-2H3,(H,21,23)/t16-/m1/s1. The van der Waals surface area contributed by atoms with Gasteiger partial charge in [0.15, 0.2) is 0 Å². The number of amides is 1. The molecule has 2 aromatic carbocycles. The monoisotopic (exact) mass is 388 g/mol. The Hall–Kier alpha value is -2.22. The average molecular weight is 388 g/mol. The van der Waals surface area contributed by atoms with Crippen LogP contribution in [0.5, 0.6) is 0 Å². The Bertz CT molecular complexity index is 904. The molecule has 2 aromatic rings. The first-order valence-corrected chi connectivity index (χ1v) is 10.4. The molecular weight excluding hydrogens is 364 g/mol. The predicted octanol–water partition coefficient (Wildman–Crippen LogP) is 2.51. The summed E-state index contributed by atoms with van der Waals surface area (Å²) >= 11 is 0. The van der Waals surface area contributed by atoms with Crippen LogP contribution in [0.1, 0.15) is 34.5 Å². The summed E-state index contributed by atoms with van der Waals surface area (Å²) in [5.74, 6) is -0.304. The zero-order valence-corrected chi connectivity index (χ0v) is 16.3. The zero-order valence-electron chi connectivity index (χ0n) is 15.5. The van der Waals surface area contributed by atoms with E-state index in [-0.39, 0.29) is 16.8 Å². The quantitative estimate of drug-likeness (QED) is 0.854. The number of morpholine rings is 1. The van der Waals surface area contributed by atoms with Crippen LogP contribution >= 0.6 is 0 Å². The van der Waals surface area contributed by atoms with Crippen molar-refractivity contribution in [1.82, 2.24) is 9.62 Å². The Kier molecular flexibility index (Phi) is 5.94. The fourth-order valence-corrected chi connectivity index (χ4v) is 4.41. The van der Waals surface area contributed by atoms with Crippen molar-refractivity contribution in [3.63, 3.8) is 0 Å². The number of hydrogen-bond acceptors (Lipinski definition) is 4. The molecule has 1 aliphatic heterocycles. The van der Waals surface area contributed by atoms with E-state index in [1.165, 1.54) is 16.4 Å². The van der Waals surface area contributed by atoms with Gasteiger partial charge in [-0.15, -0.1) is 0 Å². The Morgan fingerprint density at radius 1 is 1.11 bits per heavy atom. The van der Waals surface area contributed by atoms with Crippen molar-refractivity contribution in [1.29, 1.82) is 0 Å². The van der Waals surface area contributed by atoms with Crippen LogP contribution in [-0.4, -0.2) is 44.9 Å². The lowest BCUT2D eigenvalue weighted by Crippen LogP contribution is -2.40. The molecule has 27 heavy (non-hydrogen) atoms. The van der Waals surface area contributed by atoms with Gasteiger partial charge in [-0.2, -0.15) is 4.31 Å². The zero-order chi connectivity index (χ0) is 19.4. The van der Waals surface area contributed by atoms with Crippen LogP contribution in [0, 0.1) is 6.92 Å². The summed E-state index contributed by atoms with van der Waals surface area (Å²) in [6, 6.07) is 13.9. The van der Waals surface area contributed by atoms with Gasteiger partial charge in [0, 0.05) is 18.7 Å². The highest BCUT2D eigenvalue weighted by atomic mass is 32.2. The Labute approximate surface area is 160 Å². The molecule has 1 N–H and O–H groups in total. The molecule has 0 spiro atoms. The molecule has 0 bridgehead atoms. The molecule has 7 heteroatoms. The van der Waals surface area contributed by atoms with E-state index in [4.69, 9.17) is 4.74 Å². The van der Waals surface area contributed by atoms with Gasteiger partial charge in [0.25, 0.3) is 5.91 Å². The molecule has 1 fully saturated rings. The highest BCUT2D eigenvalue weighted by Gasteiger charge is 2.27. The molecule has 3 rings (SSSR count). The average Bonchev–Trinajstić information content (AvgIpc) is 2.69. The van der Waals surface area contributed by atoms with Crippen molar-refractivity contribution < 1.29 is 17.9 Å². The van der Waals surface area contributed by atoms with Crippen LogP contribution in [0.15, 0.2) is 53.4 Å². The minimum Gasteiger partial charge on any atom is -0.379 e. The van der Waals surface area contributed by atoms with E-state index in [0.717, 1.165) is 11.1 Å². The van der Waals surface area contributed by atoms with Crippen LogP contribution in [0.2, 0.25) is 0 Å². The Morgan fingerprint density at radius 3 is 2.44 bits per heavy atom. The van der Waals surface area contributed by atoms with Crippen molar-refractivity contribution >= 4 is 15.9 Å². The summed E-state index contributed by atoms with van der Waals surface area (Å²) in [7, 11) is -3.63. The number of nitrogens with zero attached hydrogens (tertiary/aromatic N) is 1. The molecule has 0 unspecified atom stereocenters. The van der Waals surface area contributed by atoms with Crippen molar-refractivity contribution in [2.45, 2.75) is 24.8 Å². The number of rotatable bonds is 5. The van der Waals surface area contributed by atoms with Crippen LogP contribution in [-0.2, 0) is 14.8 Å². The van der Waals surface area contributed by atoms with E-state index in [0.29, 0.717) is 31.9 Å². The number of ether oxygens (including phenoxy) is 1. The smallest absolute Gasteiger partial charge is 0.251 e. The van der Waals surface area contributed by atoms with Crippen molar-refractivity contribution in [3.05, 3.63) is 65.2 Å². The lowest BCUT2D eigenvalue weighted by Gasteiger charge is -2.26. The highest BCUT2D eigenvalue weighted by Crippen LogP contribution is 2.19. The van der Waals surface area contributed by atoms with Gasteiger partial charge in [-0.25, -0.2) is 8.42 Å². The van der Waals surface area contributed by atoms with Gasteiger partial charge in [-0.1, -0.05) is 35.9 Å². The minimum absolute atomic E-state index is 0.125. The highest BCUT2D eigenvalue weighted by molar-refractivity contribution is 7.89. The lowest BCUT2D eigenvalue weighted by molar-refractivity contribution is 0.0730. The predicted molar refractivity (Wildman–Crippen MR) is 103 cm³/mol. The normalized spacial score (nSPS) is 16.7. The van der Waals surface area contributed by atoms with Gasteiger partial charge >= 0.3 is 0 Å². The summed E-state index contributed by atoms with van der Waals surface area (Å²) in [6.07, 6.45) is 0. The van der Waals surface area contributed by atoms with Gasteiger partial charge in [-0.3, -0.25) is 4.79 Å². The molecule has 1 heterocycles. The van der Waals surface area contributed by atoms with Gasteiger partial charge in [-0.05, 0) is 37.6 Å². The summed E-state index contributed by atoms with van der Waals surface area (Å²) in [4.78, 5) is 12.7. The van der Waals surface area contributed by atoms with E-state index in [1.807, 2.05) is 38.1 Å². The molecule has 6 nitrogen and oxygen atoms in total. The molecule has 0 radical (unpaired) electrons. The summed E-state index contributed by atoms with van der Waals surface area (Å²) in [5, 5.41) is 2.92.